The van der Waals surface area contributed by atoms with Crippen LogP contribution in [0.1, 0.15) is 46.0 Å². The maximum absolute atomic E-state index is 10.6. The van der Waals surface area contributed by atoms with Crippen molar-refractivity contribution < 1.29 is 19.8 Å². The predicted molar refractivity (Wildman–Crippen MR) is 61.3 cm³/mol. The molecule has 4 heteroatoms. The van der Waals surface area contributed by atoms with E-state index in [1.165, 1.54) is 6.08 Å². The van der Waals surface area contributed by atoms with Crippen molar-refractivity contribution in [1.29, 1.82) is 0 Å². The summed E-state index contributed by atoms with van der Waals surface area (Å²) in [5, 5.41) is 17.3. The molecule has 0 saturated carbocycles. The Hall–Kier alpha value is -1.32. The number of aliphatic carboxylic acids is 2. The van der Waals surface area contributed by atoms with E-state index in [0.29, 0.717) is 12.3 Å². The van der Waals surface area contributed by atoms with Crippen LogP contribution in [0.2, 0.25) is 0 Å². The van der Waals surface area contributed by atoms with Crippen molar-refractivity contribution in [2.24, 2.45) is 5.92 Å². The maximum atomic E-state index is 10.6. The number of allylic oxidation sites excluding steroid dienone is 1. The number of hydrogen-bond acceptors (Lipinski definition) is 2. The van der Waals surface area contributed by atoms with Crippen molar-refractivity contribution in [2.45, 2.75) is 46.0 Å². The number of unbranched alkanes of at least 4 members (excludes halogenated alkanes) is 1. The van der Waals surface area contributed by atoms with Crippen LogP contribution in [0.15, 0.2) is 11.6 Å². The lowest BCUT2D eigenvalue weighted by molar-refractivity contribution is -0.140. The Morgan fingerprint density at radius 2 is 1.75 bits per heavy atom. The van der Waals surface area contributed by atoms with E-state index in [2.05, 4.69) is 6.92 Å². The lowest BCUT2D eigenvalue weighted by atomic mass is 9.95. The standard InChI is InChI=1S/C12H20O4/c1-3-5-6-9(4-2)7-8-10(11(13)14)12(15)16/h8-9H,3-7H2,1-2H3,(H,13,14)(H,15,16). The minimum Gasteiger partial charge on any atom is -0.477 e. The molecule has 4 nitrogen and oxygen atoms in total. The fourth-order valence-electron chi connectivity index (χ4n) is 1.53. The molecule has 0 aromatic carbocycles. The molecule has 0 heterocycles. The molecule has 0 radical (unpaired) electrons. The lowest BCUT2D eigenvalue weighted by Crippen LogP contribution is -2.12. The molecule has 0 fully saturated rings. The van der Waals surface area contributed by atoms with Gasteiger partial charge in [-0.15, -0.1) is 0 Å². The fraction of sp³-hybridized carbons (Fsp3) is 0.667. The molecular weight excluding hydrogens is 208 g/mol. The van der Waals surface area contributed by atoms with Gasteiger partial charge in [-0.1, -0.05) is 45.6 Å². The molecule has 0 bridgehead atoms. The van der Waals surface area contributed by atoms with Crippen LogP contribution in [-0.2, 0) is 9.59 Å². The summed E-state index contributed by atoms with van der Waals surface area (Å²) in [6.07, 6.45) is 6.03. The lowest BCUT2D eigenvalue weighted by Gasteiger charge is -2.11. The second kappa shape index (κ2) is 7.91. The molecule has 0 saturated heterocycles. The zero-order chi connectivity index (χ0) is 12.6. The zero-order valence-corrected chi connectivity index (χ0v) is 9.90. The number of carboxylic acid groups (broad SMARTS) is 2. The van der Waals surface area contributed by atoms with Crippen LogP contribution in [0.25, 0.3) is 0 Å². The minimum atomic E-state index is -1.36. The Morgan fingerprint density at radius 1 is 1.19 bits per heavy atom. The van der Waals surface area contributed by atoms with Crippen LogP contribution >= 0.6 is 0 Å². The van der Waals surface area contributed by atoms with Crippen LogP contribution in [-0.4, -0.2) is 22.2 Å². The maximum Gasteiger partial charge on any atom is 0.342 e. The molecule has 0 aliphatic carbocycles. The second-order valence-electron chi connectivity index (χ2n) is 3.88. The van der Waals surface area contributed by atoms with E-state index in [0.717, 1.165) is 25.7 Å². The van der Waals surface area contributed by atoms with Gasteiger partial charge >= 0.3 is 11.9 Å². The first kappa shape index (κ1) is 14.7. The average molecular weight is 228 g/mol. The van der Waals surface area contributed by atoms with Gasteiger partial charge < -0.3 is 10.2 Å². The molecule has 0 aliphatic rings. The summed E-state index contributed by atoms with van der Waals surface area (Å²) in [6.45, 7) is 4.14. The molecule has 2 N–H and O–H groups in total. The molecule has 0 aliphatic heterocycles. The van der Waals surface area contributed by atoms with Gasteiger partial charge in [0, 0.05) is 0 Å². The van der Waals surface area contributed by atoms with Gasteiger partial charge in [-0.05, 0) is 12.3 Å². The molecule has 0 spiro atoms. The van der Waals surface area contributed by atoms with Gasteiger partial charge in [0.1, 0.15) is 5.57 Å². The van der Waals surface area contributed by atoms with E-state index in [1.807, 2.05) is 6.92 Å². The van der Waals surface area contributed by atoms with Crippen LogP contribution in [0, 0.1) is 5.92 Å². The van der Waals surface area contributed by atoms with Gasteiger partial charge in [-0.25, -0.2) is 9.59 Å². The van der Waals surface area contributed by atoms with E-state index in [-0.39, 0.29) is 0 Å². The highest BCUT2D eigenvalue weighted by Crippen LogP contribution is 2.18. The van der Waals surface area contributed by atoms with Gasteiger partial charge in [0.2, 0.25) is 0 Å². The summed E-state index contributed by atoms with van der Waals surface area (Å²) in [7, 11) is 0. The van der Waals surface area contributed by atoms with Crippen molar-refractivity contribution in [2.75, 3.05) is 0 Å². The van der Waals surface area contributed by atoms with Gasteiger partial charge in [-0.3, -0.25) is 0 Å². The van der Waals surface area contributed by atoms with E-state index in [9.17, 15) is 9.59 Å². The summed E-state index contributed by atoms with van der Waals surface area (Å²) < 4.78 is 0. The Labute approximate surface area is 96.0 Å². The molecule has 0 rings (SSSR count). The molecule has 16 heavy (non-hydrogen) atoms. The number of carboxylic acids is 2. The summed E-state index contributed by atoms with van der Waals surface area (Å²) in [5.41, 5.74) is -0.519. The number of carbonyl (C=O) groups is 2. The van der Waals surface area contributed by atoms with E-state index < -0.39 is 17.5 Å². The Bertz CT molecular complexity index is 252. The SMILES string of the molecule is CCCCC(CC)CC=C(C(=O)O)C(=O)O. The van der Waals surface area contributed by atoms with Crippen molar-refractivity contribution in [1.82, 2.24) is 0 Å². The Morgan fingerprint density at radius 3 is 2.12 bits per heavy atom. The van der Waals surface area contributed by atoms with Crippen molar-refractivity contribution in [3.63, 3.8) is 0 Å². The van der Waals surface area contributed by atoms with Crippen molar-refractivity contribution in [3.05, 3.63) is 11.6 Å². The smallest absolute Gasteiger partial charge is 0.342 e. The third-order valence-corrected chi connectivity index (χ3v) is 2.66. The molecular formula is C12H20O4. The fourth-order valence-corrected chi connectivity index (χ4v) is 1.53. The Balaban J connectivity index is 4.38. The minimum absolute atomic E-state index is 0.383. The molecule has 92 valence electrons. The normalized spacial score (nSPS) is 11.9. The van der Waals surface area contributed by atoms with Gasteiger partial charge in [-0.2, -0.15) is 0 Å². The molecule has 1 atom stereocenters. The zero-order valence-electron chi connectivity index (χ0n) is 9.90. The number of hydrogen-bond donors (Lipinski definition) is 2. The van der Waals surface area contributed by atoms with Crippen LogP contribution < -0.4 is 0 Å². The summed E-state index contributed by atoms with van der Waals surface area (Å²) in [6, 6.07) is 0. The first-order valence-electron chi connectivity index (χ1n) is 5.69. The van der Waals surface area contributed by atoms with Gasteiger partial charge in [0.05, 0.1) is 0 Å². The summed E-state index contributed by atoms with van der Waals surface area (Å²) in [5.74, 6) is -2.34. The summed E-state index contributed by atoms with van der Waals surface area (Å²) >= 11 is 0. The largest absolute Gasteiger partial charge is 0.477 e. The quantitative estimate of drug-likeness (QED) is 0.380. The third-order valence-electron chi connectivity index (χ3n) is 2.66. The van der Waals surface area contributed by atoms with Crippen molar-refractivity contribution in [3.8, 4) is 0 Å². The molecule has 1 unspecified atom stereocenters. The first-order valence-corrected chi connectivity index (χ1v) is 5.69. The molecule has 0 aromatic rings. The molecule has 0 amide bonds. The monoisotopic (exact) mass is 228 g/mol. The second-order valence-corrected chi connectivity index (χ2v) is 3.88. The van der Waals surface area contributed by atoms with Gasteiger partial charge in [0.15, 0.2) is 0 Å². The summed E-state index contributed by atoms with van der Waals surface area (Å²) in [4.78, 5) is 21.2. The third kappa shape index (κ3) is 5.53. The molecule has 0 aromatic heterocycles. The highest BCUT2D eigenvalue weighted by molar-refractivity contribution is 6.12. The predicted octanol–water partition coefficient (Wildman–Crippen LogP) is 2.69. The Kier molecular flexibility index (Phi) is 7.25. The van der Waals surface area contributed by atoms with Crippen LogP contribution in [0.5, 0.6) is 0 Å². The van der Waals surface area contributed by atoms with Crippen LogP contribution in [0.4, 0.5) is 0 Å². The highest BCUT2D eigenvalue weighted by Gasteiger charge is 2.16. The average Bonchev–Trinajstić information content (AvgIpc) is 2.22. The highest BCUT2D eigenvalue weighted by atomic mass is 16.4. The van der Waals surface area contributed by atoms with Gasteiger partial charge in [0.25, 0.3) is 0 Å². The first-order chi connectivity index (χ1) is 7.52. The number of rotatable bonds is 8. The van der Waals surface area contributed by atoms with E-state index in [4.69, 9.17) is 10.2 Å². The van der Waals surface area contributed by atoms with Crippen molar-refractivity contribution >= 4 is 11.9 Å². The van der Waals surface area contributed by atoms with Crippen LogP contribution in [0.3, 0.4) is 0 Å². The van der Waals surface area contributed by atoms with E-state index in [1.54, 1.807) is 0 Å². The topological polar surface area (TPSA) is 74.6 Å². The van der Waals surface area contributed by atoms with E-state index >= 15 is 0 Å².